The molecule has 1 atom stereocenters. The molecule has 39 heavy (non-hydrogen) atoms. The number of nitro benzene ring substituents is 1. The van der Waals surface area contributed by atoms with Crippen LogP contribution < -0.4 is 10.3 Å². The number of hydrogen-bond donors (Lipinski definition) is 0. The minimum absolute atomic E-state index is 0.00766. The highest BCUT2D eigenvalue weighted by molar-refractivity contribution is 9.10. The minimum atomic E-state index is -0.432. The maximum Gasteiger partial charge on any atom is 0.282 e. The normalized spacial score (nSPS) is 12.3. The number of halogens is 1. The Morgan fingerprint density at radius 1 is 1.08 bits per heavy atom. The summed E-state index contributed by atoms with van der Waals surface area (Å²) in [6.45, 7) is 4.28. The Hall–Kier alpha value is -4.37. The number of hydrogen-bond acceptors (Lipinski definition) is 6. The van der Waals surface area contributed by atoms with Gasteiger partial charge in [-0.05, 0) is 59.2 Å². The van der Waals surface area contributed by atoms with E-state index >= 15 is 0 Å². The number of benzene rings is 4. The summed E-state index contributed by atoms with van der Waals surface area (Å²) in [5, 5.41) is 18.0. The summed E-state index contributed by atoms with van der Waals surface area (Å²) in [4.78, 5) is 28.9. The minimum Gasteiger partial charge on any atom is -0.488 e. The quantitative estimate of drug-likeness (QED) is 0.109. The highest BCUT2D eigenvalue weighted by Gasteiger charge is 2.16. The smallest absolute Gasteiger partial charge is 0.282 e. The molecule has 1 heterocycles. The molecular weight excluding hydrogens is 560 g/mol. The third kappa shape index (κ3) is 5.44. The van der Waals surface area contributed by atoms with Crippen LogP contribution >= 0.6 is 15.9 Å². The maximum absolute atomic E-state index is 13.6. The molecule has 196 valence electrons. The Morgan fingerprint density at radius 3 is 2.59 bits per heavy atom. The lowest BCUT2D eigenvalue weighted by atomic mass is 10.0. The van der Waals surface area contributed by atoms with Crippen LogP contribution in [-0.2, 0) is 6.61 Å². The first-order chi connectivity index (χ1) is 18.9. The monoisotopic (exact) mass is 584 g/mol. The fourth-order valence-electron chi connectivity index (χ4n) is 4.30. The van der Waals surface area contributed by atoms with E-state index in [9.17, 15) is 14.9 Å². The van der Waals surface area contributed by atoms with Crippen LogP contribution in [0.5, 0.6) is 5.75 Å². The van der Waals surface area contributed by atoms with E-state index in [4.69, 9.17) is 9.72 Å². The van der Waals surface area contributed by atoms with E-state index < -0.39 is 4.92 Å². The molecule has 0 radical (unpaired) electrons. The molecule has 5 aromatic rings. The van der Waals surface area contributed by atoms with E-state index in [-0.39, 0.29) is 23.8 Å². The van der Waals surface area contributed by atoms with E-state index in [0.717, 1.165) is 27.2 Å². The molecule has 0 saturated heterocycles. The molecule has 0 saturated carbocycles. The second-order valence-electron chi connectivity index (χ2n) is 9.21. The van der Waals surface area contributed by atoms with Crippen molar-refractivity contribution in [2.75, 3.05) is 0 Å². The number of nitrogens with zero attached hydrogens (tertiary/aromatic N) is 4. The van der Waals surface area contributed by atoms with Crippen LogP contribution in [0.15, 0.2) is 93.2 Å². The van der Waals surface area contributed by atoms with Gasteiger partial charge in [-0.3, -0.25) is 14.9 Å². The molecule has 0 aliphatic carbocycles. The maximum atomic E-state index is 13.6. The summed E-state index contributed by atoms with van der Waals surface area (Å²) in [6.07, 6.45) is 2.44. The van der Waals surface area contributed by atoms with Crippen LogP contribution in [0, 0.1) is 10.1 Å². The average molecular weight is 585 g/mol. The van der Waals surface area contributed by atoms with Gasteiger partial charge in [0.25, 0.3) is 11.2 Å². The van der Waals surface area contributed by atoms with Gasteiger partial charge in [-0.15, -0.1) is 0 Å². The number of non-ortho nitro benzene ring substituents is 1. The van der Waals surface area contributed by atoms with E-state index in [1.807, 2.05) is 62.4 Å². The van der Waals surface area contributed by atoms with Gasteiger partial charge in [0.15, 0.2) is 0 Å². The third-order valence-electron chi connectivity index (χ3n) is 6.66. The van der Waals surface area contributed by atoms with Crippen LogP contribution in [-0.4, -0.2) is 20.8 Å². The van der Waals surface area contributed by atoms with Gasteiger partial charge < -0.3 is 4.74 Å². The number of aromatic nitrogens is 2. The van der Waals surface area contributed by atoms with Gasteiger partial charge in [-0.25, -0.2) is 4.98 Å². The fourth-order valence-corrected chi connectivity index (χ4v) is 4.67. The zero-order chi connectivity index (χ0) is 27.5. The summed E-state index contributed by atoms with van der Waals surface area (Å²) in [7, 11) is 0. The Morgan fingerprint density at radius 2 is 1.85 bits per heavy atom. The lowest BCUT2D eigenvalue weighted by Crippen LogP contribution is -2.23. The second kappa shape index (κ2) is 11.2. The molecule has 0 aliphatic heterocycles. The summed E-state index contributed by atoms with van der Waals surface area (Å²) in [5.41, 5.74) is 1.90. The van der Waals surface area contributed by atoms with Gasteiger partial charge in [-0.2, -0.15) is 9.78 Å². The molecule has 8 nitrogen and oxygen atoms in total. The largest absolute Gasteiger partial charge is 0.488 e. The van der Waals surface area contributed by atoms with E-state index in [1.165, 1.54) is 16.8 Å². The molecule has 1 aromatic heterocycles. The van der Waals surface area contributed by atoms with Crippen molar-refractivity contribution in [1.29, 1.82) is 0 Å². The van der Waals surface area contributed by atoms with Gasteiger partial charge in [0.2, 0.25) is 0 Å². The van der Waals surface area contributed by atoms with Crippen LogP contribution in [0.1, 0.15) is 43.1 Å². The number of rotatable bonds is 8. The predicted octanol–water partition coefficient (Wildman–Crippen LogP) is 7.20. The standard InChI is InChI=1S/C30H25BrN4O4/c1-3-19(2)29-33-27-14-11-22(31)16-25(27)30(36)34(29)32-17-26-24-7-5-4-6-21(24)10-15-28(26)39-18-20-8-12-23(13-9-20)35(37)38/h4-17,19H,3,18H2,1-2H3/t19-/m0/s1. The van der Waals surface area contributed by atoms with Crippen LogP contribution in [0.4, 0.5) is 5.69 Å². The predicted molar refractivity (Wildman–Crippen MR) is 157 cm³/mol. The van der Waals surface area contributed by atoms with Crippen molar-refractivity contribution in [2.45, 2.75) is 32.8 Å². The molecule has 4 aromatic carbocycles. The van der Waals surface area contributed by atoms with Crippen molar-refractivity contribution in [1.82, 2.24) is 9.66 Å². The van der Waals surface area contributed by atoms with Crippen LogP contribution in [0.3, 0.4) is 0 Å². The lowest BCUT2D eigenvalue weighted by molar-refractivity contribution is -0.384. The number of nitro groups is 1. The first-order valence-electron chi connectivity index (χ1n) is 12.5. The Kier molecular flexibility index (Phi) is 7.51. The van der Waals surface area contributed by atoms with Crippen molar-refractivity contribution in [3.63, 3.8) is 0 Å². The van der Waals surface area contributed by atoms with Crippen molar-refractivity contribution >= 4 is 49.5 Å². The highest BCUT2D eigenvalue weighted by atomic mass is 79.9. The SMILES string of the molecule is CC[C@H](C)c1nc2ccc(Br)cc2c(=O)n1N=Cc1c(OCc2ccc([N+](=O)[O-])cc2)ccc2ccccc12. The Bertz CT molecular complexity index is 1780. The van der Waals surface area contributed by atoms with Crippen molar-refractivity contribution in [2.24, 2.45) is 5.10 Å². The van der Waals surface area contributed by atoms with E-state index in [2.05, 4.69) is 21.0 Å². The zero-order valence-electron chi connectivity index (χ0n) is 21.4. The Balaban J connectivity index is 1.59. The van der Waals surface area contributed by atoms with Gasteiger partial charge in [-0.1, -0.05) is 60.1 Å². The van der Waals surface area contributed by atoms with Crippen LogP contribution in [0.25, 0.3) is 21.7 Å². The highest BCUT2D eigenvalue weighted by Crippen LogP contribution is 2.28. The lowest BCUT2D eigenvalue weighted by Gasteiger charge is -2.15. The van der Waals surface area contributed by atoms with Crippen molar-refractivity contribution in [3.8, 4) is 5.75 Å². The molecule has 0 spiro atoms. The fraction of sp³-hybridized carbons (Fsp3) is 0.167. The molecule has 0 unspecified atom stereocenters. The van der Waals surface area contributed by atoms with Gasteiger partial charge in [0.05, 0.1) is 22.0 Å². The Labute approximate surface area is 232 Å². The summed E-state index contributed by atoms with van der Waals surface area (Å²) >= 11 is 3.45. The first-order valence-corrected chi connectivity index (χ1v) is 13.3. The van der Waals surface area contributed by atoms with Gasteiger partial charge in [0.1, 0.15) is 18.2 Å². The summed E-state index contributed by atoms with van der Waals surface area (Å²) in [6, 6.07) is 23.4. The molecule has 9 heteroatoms. The molecule has 0 bridgehead atoms. The number of fused-ring (bicyclic) bond motifs is 2. The molecule has 0 N–H and O–H groups in total. The third-order valence-corrected chi connectivity index (χ3v) is 7.15. The molecule has 0 amide bonds. The summed E-state index contributed by atoms with van der Waals surface area (Å²) in [5.74, 6) is 1.17. The van der Waals surface area contributed by atoms with Gasteiger partial charge >= 0.3 is 0 Å². The molecule has 0 fully saturated rings. The second-order valence-corrected chi connectivity index (χ2v) is 10.1. The molecule has 0 aliphatic rings. The van der Waals surface area contributed by atoms with Gasteiger partial charge in [0, 0.05) is 28.1 Å². The molecule has 5 rings (SSSR count). The van der Waals surface area contributed by atoms with Crippen molar-refractivity contribution in [3.05, 3.63) is 121 Å². The number of ether oxygens (including phenoxy) is 1. The van der Waals surface area contributed by atoms with E-state index in [1.54, 1.807) is 24.4 Å². The van der Waals surface area contributed by atoms with Crippen molar-refractivity contribution < 1.29 is 9.66 Å². The summed E-state index contributed by atoms with van der Waals surface area (Å²) < 4.78 is 8.33. The topological polar surface area (TPSA) is 99.6 Å². The average Bonchev–Trinajstić information content (AvgIpc) is 2.95. The molecular formula is C30H25BrN4O4. The first kappa shape index (κ1) is 26.2. The zero-order valence-corrected chi connectivity index (χ0v) is 23.0. The van der Waals surface area contributed by atoms with Crippen LogP contribution in [0.2, 0.25) is 0 Å². The van der Waals surface area contributed by atoms with E-state index in [0.29, 0.717) is 28.0 Å².